The molecule has 7 rings (SSSR count). The second-order valence-electron chi connectivity index (χ2n) is 14.4. The molecule has 3 aliphatic rings. The monoisotopic (exact) mass is 816 g/mol. The number of benzene rings is 3. The highest BCUT2D eigenvalue weighted by atomic mass is 19.4. The number of aromatic nitrogens is 1. The molecule has 1 aromatic heterocycles. The van der Waals surface area contributed by atoms with E-state index in [-0.39, 0.29) is 64.9 Å². The lowest BCUT2D eigenvalue weighted by atomic mass is 10.0. The predicted molar refractivity (Wildman–Crippen MR) is 208 cm³/mol. The van der Waals surface area contributed by atoms with E-state index in [4.69, 9.17) is 4.74 Å². The Hall–Kier alpha value is -6.56. The van der Waals surface area contributed by atoms with Crippen LogP contribution >= 0.6 is 0 Å². The average Bonchev–Trinajstić information content (AvgIpc) is 3.47. The number of nitrogens with zero attached hydrogens (tertiary/aromatic N) is 4. The van der Waals surface area contributed by atoms with Crippen molar-refractivity contribution in [3.63, 3.8) is 0 Å². The molecule has 5 amide bonds. The molecule has 1 atom stereocenters. The Balaban J connectivity index is 1.00. The zero-order chi connectivity index (χ0) is 42.2. The van der Waals surface area contributed by atoms with Crippen LogP contribution in [-0.2, 0) is 22.3 Å². The van der Waals surface area contributed by atoms with Gasteiger partial charge in [0.15, 0.2) is 0 Å². The number of imide groups is 2. The van der Waals surface area contributed by atoms with Gasteiger partial charge in [-0.05, 0) is 56.6 Å². The van der Waals surface area contributed by atoms with Crippen molar-refractivity contribution in [1.29, 1.82) is 0 Å². The maximum absolute atomic E-state index is 15.9. The Morgan fingerprint density at radius 3 is 2.39 bits per heavy atom. The first-order chi connectivity index (χ1) is 28.2. The molecular formula is C41H40F4N8O6. The third-order valence-electron chi connectivity index (χ3n) is 10.8. The number of carbonyl (C=O) groups excluding carboxylic acids is 5. The molecule has 0 saturated carbocycles. The van der Waals surface area contributed by atoms with Crippen molar-refractivity contribution in [2.24, 2.45) is 0 Å². The van der Waals surface area contributed by atoms with Crippen molar-refractivity contribution < 1.29 is 46.3 Å². The van der Waals surface area contributed by atoms with Crippen LogP contribution < -0.4 is 30.9 Å². The minimum Gasteiger partial charge on any atom is -0.494 e. The smallest absolute Gasteiger partial charge is 0.419 e. The number of halogens is 4. The predicted octanol–water partition coefficient (Wildman–Crippen LogP) is 5.60. The van der Waals surface area contributed by atoms with E-state index in [0.717, 1.165) is 10.6 Å². The van der Waals surface area contributed by atoms with Gasteiger partial charge in [0.2, 0.25) is 11.8 Å². The molecule has 0 radical (unpaired) electrons. The number of methoxy groups -OCH3 is 1. The number of para-hydroxylation sites is 1. The first-order valence-corrected chi connectivity index (χ1v) is 18.8. The van der Waals surface area contributed by atoms with Gasteiger partial charge in [-0.15, -0.1) is 0 Å². The van der Waals surface area contributed by atoms with Crippen LogP contribution in [-0.4, -0.2) is 90.7 Å². The quantitative estimate of drug-likeness (QED) is 0.110. The number of rotatable bonds is 11. The van der Waals surface area contributed by atoms with E-state index in [1.165, 1.54) is 44.5 Å². The van der Waals surface area contributed by atoms with Crippen molar-refractivity contribution in [1.82, 2.24) is 25.4 Å². The van der Waals surface area contributed by atoms with E-state index in [2.05, 4.69) is 31.2 Å². The molecular weight excluding hydrogens is 776 g/mol. The van der Waals surface area contributed by atoms with Crippen LogP contribution in [0.3, 0.4) is 0 Å². The molecule has 4 aromatic rings. The number of hydrogen-bond acceptors (Lipinski definition) is 11. The summed E-state index contributed by atoms with van der Waals surface area (Å²) in [5.41, 5.74) is 0.0365. The summed E-state index contributed by atoms with van der Waals surface area (Å²) in [5, 5.41) is 10.4. The van der Waals surface area contributed by atoms with E-state index < -0.39 is 53.1 Å². The summed E-state index contributed by atoms with van der Waals surface area (Å²) < 4.78 is 63.7. The SMILES string of the molecule is CNC(=O)c1ccccc1Nc1cc(Nc2ccc(N3CCC(N(C)Cc4ccc5c(c4F)C(=O)N(C4CCC(=O)NC4=O)C5=O)CC3)cc2OC)ncc1C(F)(F)F. The van der Waals surface area contributed by atoms with Crippen molar-refractivity contribution in [3.05, 3.63) is 100 Å². The lowest BCUT2D eigenvalue weighted by Gasteiger charge is -2.38. The number of anilines is 5. The summed E-state index contributed by atoms with van der Waals surface area (Å²) in [6.07, 6.45) is -2.67. The van der Waals surface area contributed by atoms with E-state index in [0.29, 0.717) is 43.6 Å². The van der Waals surface area contributed by atoms with Gasteiger partial charge in [-0.2, -0.15) is 13.2 Å². The Morgan fingerprint density at radius 2 is 1.69 bits per heavy atom. The molecule has 14 nitrogen and oxygen atoms in total. The van der Waals surface area contributed by atoms with E-state index in [1.54, 1.807) is 18.2 Å². The number of fused-ring (bicyclic) bond motifs is 1. The fraction of sp³-hybridized carbons (Fsp3) is 0.317. The molecule has 0 bridgehead atoms. The maximum Gasteiger partial charge on any atom is 0.419 e. The van der Waals surface area contributed by atoms with Crippen LogP contribution in [0.1, 0.15) is 67.9 Å². The third-order valence-corrected chi connectivity index (χ3v) is 10.8. The number of ether oxygens (including phenoxy) is 1. The molecule has 2 fully saturated rings. The van der Waals surface area contributed by atoms with Crippen LogP contribution in [0.15, 0.2) is 66.9 Å². The Bertz CT molecular complexity index is 2350. The molecule has 308 valence electrons. The standard InChI is InChI=1S/C41H40F4N8O6/c1-46-37(55)25-6-4-5-7-28(25)48-30-19-33(47-20-27(30)41(43,44)45)49-29-11-9-24(18-32(29)59-3)52-16-14-23(15-17-52)51(2)21-22-8-10-26-35(36(22)42)40(58)53(39(26)57)31-12-13-34(54)50-38(31)56/h4-11,18-20,23,31H,12-17,21H2,1-3H3,(H,46,55)(H2,47,48,49)(H,50,54,56). The molecule has 3 aliphatic heterocycles. The van der Waals surface area contributed by atoms with Crippen LogP contribution in [0.5, 0.6) is 5.75 Å². The second kappa shape index (κ2) is 16.4. The summed E-state index contributed by atoms with van der Waals surface area (Å²) in [5.74, 6) is -3.71. The second-order valence-corrected chi connectivity index (χ2v) is 14.4. The van der Waals surface area contributed by atoms with Crippen LogP contribution in [0.25, 0.3) is 0 Å². The first kappa shape index (κ1) is 40.6. The van der Waals surface area contributed by atoms with E-state index >= 15 is 4.39 Å². The van der Waals surface area contributed by atoms with Crippen LogP contribution in [0.2, 0.25) is 0 Å². The minimum atomic E-state index is -4.74. The van der Waals surface area contributed by atoms with Crippen molar-refractivity contribution in [2.45, 2.75) is 50.5 Å². The van der Waals surface area contributed by atoms with Gasteiger partial charge >= 0.3 is 6.18 Å². The van der Waals surface area contributed by atoms with Crippen molar-refractivity contribution in [2.75, 3.05) is 49.8 Å². The summed E-state index contributed by atoms with van der Waals surface area (Å²) in [4.78, 5) is 71.7. The van der Waals surface area contributed by atoms with Gasteiger partial charge in [-0.25, -0.2) is 9.37 Å². The fourth-order valence-electron chi connectivity index (χ4n) is 7.69. The van der Waals surface area contributed by atoms with E-state index in [1.807, 2.05) is 24.1 Å². The number of pyridine rings is 1. The number of hydrogen-bond donors (Lipinski definition) is 4. The summed E-state index contributed by atoms with van der Waals surface area (Å²) in [6.45, 7) is 1.44. The third kappa shape index (κ3) is 8.12. The van der Waals surface area contributed by atoms with Crippen molar-refractivity contribution >= 4 is 58.1 Å². The molecule has 0 aliphatic carbocycles. The highest BCUT2D eigenvalue weighted by molar-refractivity contribution is 6.23. The molecule has 2 saturated heterocycles. The van der Waals surface area contributed by atoms with Crippen LogP contribution in [0.4, 0.5) is 46.1 Å². The molecule has 59 heavy (non-hydrogen) atoms. The molecule has 3 aromatic carbocycles. The van der Waals surface area contributed by atoms with E-state index in [9.17, 15) is 37.1 Å². The van der Waals surface area contributed by atoms with Gasteiger partial charge < -0.3 is 25.6 Å². The molecule has 0 spiro atoms. The Labute approximate surface area is 335 Å². The lowest BCUT2D eigenvalue weighted by molar-refractivity contribution is -0.137. The average molecular weight is 817 g/mol. The van der Waals surface area contributed by atoms with Gasteiger partial charge in [-0.3, -0.25) is 39.1 Å². The number of carbonyl (C=O) groups is 5. The summed E-state index contributed by atoms with van der Waals surface area (Å²) >= 11 is 0. The molecule has 1 unspecified atom stereocenters. The minimum absolute atomic E-state index is 0.0295. The highest BCUT2D eigenvalue weighted by Crippen LogP contribution is 2.39. The van der Waals surface area contributed by atoms with Gasteiger partial charge in [0.1, 0.15) is 23.4 Å². The number of piperidine rings is 2. The fourth-order valence-corrected chi connectivity index (χ4v) is 7.69. The van der Waals surface area contributed by atoms with Gasteiger partial charge in [-0.1, -0.05) is 18.2 Å². The van der Waals surface area contributed by atoms with Gasteiger partial charge in [0, 0.05) is 68.7 Å². The normalized spacial score (nSPS) is 17.3. The molecule has 4 heterocycles. The number of amides is 5. The summed E-state index contributed by atoms with van der Waals surface area (Å²) in [7, 11) is 4.76. The highest BCUT2D eigenvalue weighted by Gasteiger charge is 2.46. The Morgan fingerprint density at radius 1 is 0.949 bits per heavy atom. The largest absolute Gasteiger partial charge is 0.494 e. The zero-order valence-electron chi connectivity index (χ0n) is 32.2. The molecule has 4 N–H and O–H groups in total. The van der Waals surface area contributed by atoms with Gasteiger partial charge in [0.05, 0.1) is 46.4 Å². The van der Waals surface area contributed by atoms with Crippen molar-refractivity contribution in [3.8, 4) is 5.75 Å². The summed E-state index contributed by atoms with van der Waals surface area (Å²) in [6, 6.07) is 14.6. The maximum atomic E-state index is 15.9. The lowest BCUT2D eigenvalue weighted by Crippen LogP contribution is -2.54. The topological polar surface area (TPSA) is 165 Å². The van der Waals surface area contributed by atoms with Gasteiger partial charge in [0.25, 0.3) is 17.7 Å². The number of nitrogens with one attached hydrogen (secondary N) is 4. The Kier molecular flexibility index (Phi) is 11.3. The first-order valence-electron chi connectivity index (χ1n) is 18.8. The molecule has 18 heteroatoms. The number of alkyl halides is 3. The van der Waals surface area contributed by atoms with Crippen LogP contribution in [0, 0.1) is 5.82 Å². The zero-order valence-corrected chi connectivity index (χ0v) is 32.2.